The van der Waals surface area contributed by atoms with E-state index in [0.717, 1.165) is 11.3 Å². The summed E-state index contributed by atoms with van der Waals surface area (Å²) >= 11 is 0. The van der Waals surface area contributed by atoms with Crippen LogP contribution in [0.2, 0.25) is 0 Å². The highest BCUT2D eigenvalue weighted by molar-refractivity contribution is 5.31. The van der Waals surface area contributed by atoms with Gasteiger partial charge in [-0.3, -0.25) is 0 Å². The van der Waals surface area contributed by atoms with Gasteiger partial charge in [0, 0.05) is 30.4 Å². The number of para-hydroxylation sites is 1. The molecule has 1 aromatic carbocycles. The molecule has 0 aliphatic rings. The first kappa shape index (κ1) is 15.7. The van der Waals surface area contributed by atoms with Crippen LogP contribution >= 0.6 is 0 Å². The van der Waals surface area contributed by atoms with Crippen molar-refractivity contribution in [2.24, 2.45) is 5.73 Å². The molecule has 4 N–H and O–H groups in total. The molecule has 1 aromatic heterocycles. The Kier molecular flexibility index (Phi) is 5.50. The largest absolute Gasteiger partial charge is 0.393 e. The van der Waals surface area contributed by atoms with E-state index in [-0.39, 0.29) is 18.2 Å². The van der Waals surface area contributed by atoms with E-state index in [4.69, 9.17) is 5.73 Å². The summed E-state index contributed by atoms with van der Waals surface area (Å²) < 4.78 is 1.85. The Morgan fingerprint density at radius 3 is 2.62 bits per heavy atom. The van der Waals surface area contributed by atoms with Gasteiger partial charge in [-0.25, -0.2) is 4.68 Å². The normalized spacial score (nSPS) is 15.6. The smallest absolute Gasteiger partial charge is 0.0645 e. The molecule has 2 aromatic rings. The van der Waals surface area contributed by atoms with Crippen LogP contribution in [0.1, 0.15) is 31.9 Å². The topological polar surface area (TPSA) is 76.1 Å². The molecule has 0 bridgehead atoms. The van der Waals surface area contributed by atoms with Crippen LogP contribution in [0.4, 0.5) is 0 Å². The lowest BCUT2D eigenvalue weighted by Crippen LogP contribution is -2.36. The lowest BCUT2D eigenvalue weighted by molar-refractivity contribution is 0.168. The standard InChI is InChI=1S/C16H24N4O/c1-12(8-13(2)21)19-16(9-17)14-10-18-20(11-14)15-6-4-3-5-7-15/h3-7,10-13,16,19,21H,8-9,17H2,1-2H3. The third kappa shape index (κ3) is 4.39. The maximum atomic E-state index is 9.44. The minimum Gasteiger partial charge on any atom is -0.393 e. The molecular weight excluding hydrogens is 264 g/mol. The first-order chi connectivity index (χ1) is 10.1. The Bertz CT molecular complexity index is 538. The van der Waals surface area contributed by atoms with Crippen molar-refractivity contribution in [3.63, 3.8) is 0 Å². The van der Waals surface area contributed by atoms with Gasteiger partial charge in [-0.1, -0.05) is 18.2 Å². The predicted octanol–water partition coefficient (Wildman–Crippen LogP) is 1.62. The molecule has 114 valence electrons. The zero-order valence-electron chi connectivity index (χ0n) is 12.6. The molecule has 1 heterocycles. The van der Waals surface area contributed by atoms with Crippen LogP contribution in [0, 0.1) is 0 Å². The lowest BCUT2D eigenvalue weighted by Gasteiger charge is -2.22. The number of hydrogen-bond donors (Lipinski definition) is 3. The van der Waals surface area contributed by atoms with E-state index >= 15 is 0 Å². The maximum absolute atomic E-state index is 9.44. The van der Waals surface area contributed by atoms with Crippen LogP contribution < -0.4 is 11.1 Å². The third-order valence-corrected chi connectivity index (χ3v) is 3.44. The van der Waals surface area contributed by atoms with E-state index in [2.05, 4.69) is 17.3 Å². The molecule has 0 spiro atoms. The molecule has 5 heteroatoms. The van der Waals surface area contributed by atoms with Crippen molar-refractivity contribution in [3.8, 4) is 5.69 Å². The number of nitrogens with zero attached hydrogens (tertiary/aromatic N) is 2. The number of aliphatic hydroxyl groups is 1. The van der Waals surface area contributed by atoms with Crippen LogP contribution in [0.5, 0.6) is 0 Å². The summed E-state index contributed by atoms with van der Waals surface area (Å²) in [6, 6.07) is 10.2. The molecule has 5 nitrogen and oxygen atoms in total. The van der Waals surface area contributed by atoms with E-state index < -0.39 is 0 Å². The summed E-state index contributed by atoms with van der Waals surface area (Å²) in [5.41, 5.74) is 7.95. The Balaban J connectivity index is 2.07. The second-order valence-corrected chi connectivity index (χ2v) is 5.49. The van der Waals surface area contributed by atoms with E-state index in [1.54, 1.807) is 6.92 Å². The van der Waals surface area contributed by atoms with Gasteiger partial charge in [0.25, 0.3) is 0 Å². The summed E-state index contributed by atoms with van der Waals surface area (Å²) in [5.74, 6) is 0. The fourth-order valence-corrected chi connectivity index (χ4v) is 2.46. The summed E-state index contributed by atoms with van der Waals surface area (Å²) in [6.45, 7) is 4.34. The first-order valence-electron chi connectivity index (χ1n) is 7.34. The van der Waals surface area contributed by atoms with Crippen LogP contribution in [0.25, 0.3) is 5.69 Å². The Hall–Kier alpha value is -1.69. The van der Waals surface area contributed by atoms with Crippen LogP contribution in [-0.2, 0) is 0 Å². The van der Waals surface area contributed by atoms with Crippen molar-refractivity contribution in [2.45, 2.75) is 38.5 Å². The zero-order valence-corrected chi connectivity index (χ0v) is 12.6. The molecule has 3 unspecified atom stereocenters. The molecule has 0 amide bonds. The minimum absolute atomic E-state index is 0.0382. The summed E-state index contributed by atoms with van der Waals surface area (Å²) in [5, 5.41) is 17.3. The number of aliphatic hydroxyl groups excluding tert-OH is 1. The van der Waals surface area contributed by atoms with Crippen LogP contribution in [-0.4, -0.2) is 33.6 Å². The van der Waals surface area contributed by atoms with Crippen molar-refractivity contribution in [1.29, 1.82) is 0 Å². The number of nitrogens with two attached hydrogens (primary N) is 1. The number of hydrogen-bond acceptors (Lipinski definition) is 4. The Morgan fingerprint density at radius 2 is 2.00 bits per heavy atom. The van der Waals surface area contributed by atoms with Crippen molar-refractivity contribution < 1.29 is 5.11 Å². The van der Waals surface area contributed by atoms with Gasteiger partial charge in [0.1, 0.15) is 0 Å². The maximum Gasteiger partial charge on any atom is 0.0645 e. The molecule has 0 aliphatic heterocycles. The molecule has 3 atom stereocenters. The molecule has 0 radical (unpaired) electrons. The number of aromatic nitrogens is 2. The second kappa shape index (κ2) is 7.36. The fourth-order valence-electron chi connectivity index (χ4n) is 2.46. The SMILES string of the molecule is CC(O)CC(C)NC(CN)c1cnn(-c2ccccc2)c1. The van der Waals surface area contributed by atoms with Gasteiger partial charge in [0.05, 0.1) is 18.0 Å². The summed E-state index contributed by atoms with van der Waals surface area (Å²) in [6.07, 6.45) is 4.21. The van der Waals surface area contributed by atoms with E-state index in [1.807, 2.05) is 47.4 Å². The second-order valence-electron chi connectivity index (χ2n) is 5.49. The highest BCUT2D eigenvalue weighted by Crippen LogP contribution is 2.15. The average Bonchev–Trinajstić information content (AvgIpc) is 2.94. The van der Waals surface area contributed by atoms with E-state index in [0.29, 0.717) is 13.0 Å². The van der Waals surface area contributed by atoms with Crippen molar-refractivity contribution in [1.82, 2.24) is 15.1 Å². The quantitative estimate of drug-likeness (QED) is 0.723. The van der Waals surface area contributed by atoms with Crippen molar-refractivity contribution in [3.05, 3.63) is 48.3 Å². The van der Waals surface area contributed by atoms with Gasteiger partial charge in [0.15, 0.2) is 0 Å². The number of rotatable bonds is 7. The van der Waals surface area contributed by atoms with Crippen LogP contribution in [0.15, 0.2) is 42.7 Å². The predicted molar refractivity (Wildman–Crippen MR) is 84.3 cm³/mol. The number of nitrogens with one attached hydrogen (secondary N) is 1. The van der Waals surface area contributed by atoms with E-state index in [9.17, 15) is 5.11 Å². The van der Waals surface area contributed by atoms with Gasteiger partial charge in [-0.15, -0.1) is 0 Å². The average molecular weight is 288 g/mol. The fraction of sp³-hybridized carbons (Fsp3) is 0.438. The molecule has 0 aliphatic carbocycles. The third-order valence-electron chi connectivity index (χ3n) is 3.44. The van der Waals surface area contributed by atoms with Gasteiger partial charge < -0.3 is 16.2 Å². The monoisotopic (exact) mass is 288 g/mol. The molecule has 21 heavy (non-hydrogen) atoms. The van der Waals surface area contributed by atoms with Gasteiger partial charge in [0.2, 0.25) is 0 Å². The Morgan fingerprint density at radius 1 is 1.29 bits per heavy atom. The minimum atomic E-state index is -0.321. The van der Waals surface area contributed by atoms with Gasteiger partial charge in [-0.2, -0.15) is 5.10 Å². The molecule has 2 rings (SSSR count). The Labute approximate surface area is 125 Å². The highest BCUT2D eigenvalue weighted by atomic mass is 16.3. The lowest BCUT2D eigenvalue weighted by atomic mass is 10.1. The van der Waals surface area contributed by atoms with Gasteiger partial charge >= 0.3 is 0 Å². The zero-order chi connectivity index (χ0) is 15.2. The molecular formula is C16H24N4O. The highest BCUT2D eigenvalue weighted by Gasteiger charge is 2.16. The molecule has 0 saturated carbocycles. The summed E-state index contributed by atoms with van der Waals surface area (Å²) in [4.78, 5) is 0. The first-order valence-corrected chi connectivity index (χ1v) is 7.34. The number of benzene rings is 1. The van der Waals surface area contributed by atoms with Crippen molar-refractivity contribution in [2.75, 3.05) is 6.54 Å². The molecule has 0 fully saturated rings. The molecule has 0 saturated heterocycles. The van der Waals surface area contributed by atoms with Gasteiger partial charge in [-0.05, 0) is 32.4 Å². The summed E-state index contributed by atoms with van der Waals surface area (Å²) in [7, 11) is 0. The van der Waals surface area contributed by atoms with Crippen molar-refractivity contribution >= 4 is 0 Å². The van der Waals surface area contributed by atoms with Crippen LogP contribution in [0.3, 0.4) is 0 Å². The van der Waals surface area contributed by atoms with E-state index in [1.165, 1.54) is 0 Å².